The normalized spacial score (nSPS) is 36.3. The van der Waals surface area contributed by atoms with Crippen LogP contribution in [0.5, 0.6) is 0 Å². The Hall–Kier alpha value is -1.62. The van der Waals surface area contributed by atoms with Gasteiger partial charge in [-0.15, -0.1) is 11.8 Å². The van der Waals surface area contributed by atoms with Gasteiger partial charge in [-0.2, -0.15) is 0 Å². The number of aliphatic carboxylic acids is 1. The number of likely N-dealkylation sites (tertiary alicyclic amines) is 1. The fourth-order valence-corrected chi connectivity index (χ4v) is 6.23. The molecule has 4 aliphatic heterocycles. The van der Waals surface area contributed by atoms with E-state index in [1.54, 1.807) is 11.8 Å². The Balaban J connectivity index is 1.46. The van der Waals surface area contributed by atoms with Crippen LogP contribution < -0.4 is 11.1 Å². The lowest BCUT2D eigenvalue weighted by Gasteiger charge is -2.46. The lowest BCUT2D eigenvalue weighted by atomic mass is 9.79. The van der Waals surface area contributed by atoms with Gasteiger partial charge in [-0.1, -0.05) is 6.92 Å². The van der Waals surface area contributed by atoms with Crippen molar-refractivity contribution in [3.63, 3.8) is 0 Å². The van der Waals surface area contributed by atoms with Gasteiger partial charge in [0.25, 0.3) is 0 Å². The molecule has 0 aromatic rings. The minimum Gasteiger partial charge on any atom is -0.477 e. The van der Waals surface area contributed by atoms with Crippen molar-refractivity contribution in [3.8, 4) is 0 Å². The van der Waals surface area contributed by atoms with Crippen LogP contribution in [-0.4, -0.2) is 86.9 Å². The molecule has 5 N–H and O–H groups in total. The highest BCUT2D eigenvalue weighted by Gasteiger charge is 2.60. The van der Waals surface area contributed by atoms with Gasteiger partial charge in [0.05, 0.1) is 24.1 Å². The van der Waals surface area contributed by atoms with Crippen LogP contribution >= 0.6 is 11.8 Å². The quantitative estimate of drug-likeness (QED) is 0.414. The summed E-state index contributed by atoms with van der Waals surface area (Å²) < 4.78 is 0. The Labute approximate surface area is 167 Å². The van der Waals surface area contributed by atoms with E-state index in [1.165, 1.54) is 16.7 Å². The van der Waals surface area contributed by atoms with E-state index in [2.05, 4.69) is 5.32 Å². The predicted octanol–water partition coefficient (Wildman–Crippen LogP) is -1.23. The first kappa shape index (κ1) is 19.7. The summed E-state index contributed by atoms with van der Waals surface area (Å²) in [5.41, 5.74) is 5.78. The molecule has 9 nitrogen and oxygen atoms in total. The summed E-state index contributed by atoms with van der Waals surface area (Å²) >= 11 is 1.45. The maximum absolute atomic E-state index is 12.5. The van der Waals surface area contributed by atoms with Gasteiger partial charge in [-0.25, -0.2) is 4.79 Å². The number of fused-ring (bicyclic) bond motifs is 1. The zero-order valence-electron chi connectivity index (χ0n) is 15.9. The van der Waals surface area contributed by atoms with Gasteiger partial charge in [-0.3, -0.25) is 9.59 Å². The van der Waals surface area contributed by atoms with E-state index in [-0.39, 0.29) is 46.8 Å². The first-order valence-electron chi connectivity index (χ1n) is 9.63. The number of carboxylic acid groups (broad SMARTS) is 1. The third-order valence-electron chi connectivity index (χ3n) is 6.21. The van der Waals surface area contributed by atoms with Crippen molar-refractivity contribution in [1.29, 1.82) is 0 Å². The molecule has 4 heterocycles. The molecule has 154 valence electrons. The van der Waals surface area contributed by atoms with Crippen LogP contribution in [0.4, 0.5) is 0 Å². The number of carbonyl (C=O) groups is 3. The largest absolute Gasteiger partial charge is 0.477 e. The summed E-state index contributed by atoms with van der Waals surface area (Å²) in [6.07, 6.45) is -0.204. The highest BCUT2D eigenvalue weighted by molar-refractivity contribution is 8.03. The number of nitrogens with zero attached hydrogens (tertiary/aromatic N) is 2. The SMILES string of the molecule is CC(O)C1C(=O)N2C(C(=O)O)=C(SC3CNC(C(=O)N4CC(N)C4)C3)C(C)[C@@H]12. The number of carbonyl (C=O) groups excluding carboxylic acids is 2. The summed E-state index contributed by atoms with van der Waals surface area (Å²) in [7, 11) is 0. The van der Waals surface area contributed by atoms with Crippen molar-refractivity contribution in [2.45, 2.75) is 49.7 Å². The maximum Gasteiger partial charge on any atom is 0.353 e. The zero-order chi connectivity index (χ0) is 20.3. The van der Waals surface area contributed by atoms with Crippen LogP contribution in [0.1, 0.15) is 20.3 Å². The zero-order valence-corrected chi connectivity index (χ0v) is 16.7. The second kappa shape index (κ2) is 7.01. The van der Waals surface area contributed by atoms with Crippen molar-refractivity contribution >= 4 is 29.5 Å². The number of nitrogens with one attached hydrogen (secondary N) is 1. The lowest BCUT2D eigenvalue weighted by Crippen LogP contribution is -2.63. The molecule has 0 spiro atoms. The molecule has 4 aliphatic rings. The van der Waals surface area contributed by atoms with Crippen molar-refractivity contribution in [1.82, 2.24) is 15.1 Å². The van der Waals surface area contributed by atoms with Gasteiger partial charge >= 0.3 is 5.97 Å². The molecule has 3 fully saturated rings. The van der Waals surface area contributed by atoms with Gasteiger partial charge < -0.3 is 31.1 Å². The average Bonchev–Trinajstić information content (AvgIpc) is 3.14. The average molecular weight is 410 g/mol. The van der Waals surface area contributed by atoms with Crippen molar-refractivity contribution < 1.29 is 24.6 Å². The van der Waals surface area contributed by atoms with E-state index >= 15 is 0 Å². The number of rotatable bonds is 5. The van der Waals surface area contributed by atoms with Crippen LogP contribution in [0.3, 0.4) is 0 Å². The molecule has 0 bridgehead atoms. The number of nitrogens with two attached hydrogens (primary N) is 1. The molecule has 5 unspecified atom stereocenters. The van der Waals surface area contributed by atoms with E-state index in [4.69, 9.17) is 5.73 Å². The van der Waals surface area contributed by atoms with Crippen LogP contribution in [0.2, 0.25) is 0 Å². The Morgan fingerprint density at radius 1 is 1.36 bits per heavy atom. The van der Waals surface area contributed by atoms with Gasteiger partial charge in [0.1, 0.15) is 5.70 Å². The van der Waals surface area contributed by atoms with E-state index in [0.717, 1.165) is 0 Å². The first-order valence-corrected chi connectivity index (χ1v) is 10.5. The van der Waals surface area contributed by atoms with Gasteiger partial charge in [0.15, 0.2) is 0 Å². The molecule has 0 radical (unpaired) electrons. The number of aliphatic hydroxyl groups is 1. The Morgan fingerprint density at radius 3 is 2.61 bits per heavy atom. The molecule has 6 atom stereocenters. The van der Waals surface area contributed by atoms with Crippen molar-refractivity contribution in [2.75, 3.05) is 19.6 Å². The summed E-state index contributed by atoms with van der Waals surface area (Å²) in [4.78, 5) is 40.5. The molecular formula is C18H26N4O5S. The number of β-lactam (4-membered cyclic amide) rings is 1. The maximum atomic E-state index is 12.5. The highest BCUT2D eigenvalue weighted by Crippen LogP contribution is 2.51. The summed E-state index contributed by atoms with van der Waals surface area (Å²) in [5.74, 6) is -2.12. The summed E-state index contributed by atoms with van der Waals surface area (Å²) in [6, 6.07) is -0.531. The van der Waals surface area contributed by atoms with E-state index in [0.29, 0.717) is 31.0 Å². The fourth-order valence-electron chi connectivity index (χ4n) is 4.75. The highest BCUT2D eigenvalue weighted by atomic mass is 32.2. The van der Waals surface area contributed by atoms with Crippen LogP contribution in [0.15, 0.2) is 10.6 Å². The molecule has 0 aromatic heterocycles. The fraction of sp³-hybridized carbons (Fsp3) is 0.722. The van der Waals surface area contributed by atoms with Crippen molar-refractivity contribution in [3.05, 3.63) is 10.6 Å². The van der Waals surface area contributed by atoms with E-state index < -0.39 is 18.0 Å². The molecule has 28 heavy (non-hydrogen) atoms. The molecule has 3 saturated heterocycles. The van der Waals surface area contributed by atoms with Gasteiger partial charge in [0.2, 0.25) is 11.8 Å². The number of thioether (sulfide) groups is 1. The molecule has 0 aromatic carbocycles. The van der Waals surface area contributed by atoms with Crippen LogP contribution in [0.25, 0.3) is 0 Å². The molecule has 10 heteroatoms. The minimum absolute atomic E-state index is 0.0351. The molecule has 0 aliphatic carbocycles. The van der Waals surface area contributed by atoms with E-state index in [9.17, 15) is 24.6 Å². The first-order chi connectivity index (χ1) is 13.2. The smallest absolute Gasteiger partial charge is 0.353 e. The monoisotopic (exact) mass is 410 g/mol. The number of hydrogen-bond acceptors (Lipinski definition) is 7. The van der Waals surface area contributed by atoms with Gasteiger partial charge in [0, 0.05) is 41.7 Å². The van der Waals surface area contributed by atoms with Crippen molar-refractivity contribution in [2.24, 2.45) is 17.6 Å². The lowest BCUT2D eigenvalue weighted by molar-refractivity contribution is -0.163. The summed E-state index contributed by atoms with van der Waals surface area (Å²) in [6.45, 7) is 5.24. The second-order valence-electron chi connectivity index (χ2n) is 8.21. The minimum atomic E-state index is -1.12. The topological polar surface area (TPSA) is 136 Å². The Morgan fingerprint density at radius 2 is 2.04 bits per heavy atom. The molecule has 2 amide bonds. The standard InChI is InChI=1S/C18H26N4O5S/c1-7-13-12(8(2)23)17(25)22(13)14(18(26)27)15(7)28-10-3-11(20-4-10)16(24)21-5-9(19)6-21/h7-13,20,23H,3-6,19H2,1-2H3,(H,26,27)/t7?,8?,10?,11?,12?,13-/m0/s1. The number of carboxylic acids is 1. The van der Waals surface area contributed by atoms with Crippen LogP contribution in [-0.2, 0) is 14.4 Å². The third-order valence-corrected chi connectivity index (χ3v) is 7.73. The predicted molar refractivity (Wildman–Crippen MR) is 102 cm³/mol. The molecule has 4 rings (SSSR count). The van der Waals surface area contributed by atoms with E-state index in [1.807, 2.05) is 6.92 Å². The third kappa shape index (κ3) is 2.94. The molecular weight excluding hydrogens is 384 g/mol. The number of hydrogen-bond donors (Lipinski definition) is 4. The number of aliphatic hydroxyl groups excluding tert-OH is 1. The Kier molecular flexibility index (Phi) is 4.93. The summed E-state index contributed by atoms with van der Waals surface area (Å²) in [5, 5.41) is 22.9. The van der Waals surface area contributed by atoms with Gasteiger partial charge in [-0.05, 0) is 13.3 Å². The number of amides is 2. The molecule has 0 saturated carbocycles. The second-order valence-corrected chi connectivity index (χ2v) is 9.55. The van der Waals surface area contributed by atoms with Crippen LogP contribution in [0, 0.1) is 11.8 Å². The Bertz CT molecular complexity index is 750.